The van der Waals surface area contributed by atoms with Gasteiger partial charge in [-0.25, -0.2) is 9.59 Å². The van der Waals surface area contributed by atoms with Crippen LogP contribution in [0.3, 0.4) is 0 Å². The fourth-order valence-corrected chi connectivity index (χ4v) is 4.71. The Bertz CT molecular complexity index is 1020. The quantitative estimate of drug-likeness (QED) is 0.563. The van der Waals surface area contributed by atoms with Crippen molar-refractivity contribution in [2.75, 3.05) is 6.61 Å². The van der Waals surface area contributed by atoms with Gasteiger partial charge in [0, 0.05) is 5.92 Å². The predicted octanol–water partition coefficient (Wildman–Crippen LogP) is 4.06. The van der Waals surface area contributed by atoms with Crippen molar-refractivity contribution in [3.63, 3.8) is 0 Å². The molecule has 0 spiro atoms. The van der Waals surface area contributed by atoms with Crippen LogP contribution in [0.15, 0.2) is 48.5 Å². The molecule has 0 heterocycles. The van der Waals surface area contributed by atoms with Crippen LogP contribution in [0.4, 0.5) is 4.79 Å². The van der Waals surface area contributed by atoms with E-state index in [1.165, 1.54) is 0 Å². The van der Waals surface area contributed by atoms with Crippen molar-refractivity contribution in [1.29, 1.82) is 0 Å². The Labute approximate surface area is 193 Å². The predicted molar refractivity (Wildman–Crippen MR) is 124 cm³/mol. The highest BCUT2D eigenvalue weighted by atomic mass is 16.5. The summed E-state index contributed by atoms with van der Waals surface area (Å²) in [6.07, 6.45) is 1.50. The molecule has 0 aromatic heterocycles. The van der Waals surface area contributed by atoms with Gasteiger partial charge in [0.15, 0.2) is 0 Å². The van der Waals surface area contributed by atoms with Crippen LogP contribution < -0.4 is 10.6 Å². The second-order valence-corrected chi connectivity index (χ2v) is 9.06. The highest BCUT2D eigenvalue weighted by molar-refractivity contribution is 5.92. The summed E-state index contributed by atoms with van der Waals surface area (Å²) in [6, 6.07) is 15.3. The van der Waals surface area contributed by atoms with E-state index in [1.54, 1.807) is 0 Å². The van der Waals surface area contributed by atoms with E-state index in [0.29, 0.717) is 19.3 Å². The summed E-state index contributed by atoms with van der Waals surface area (Å²) >= 11 is 0. The molecule has 0 saturated heterocycles. The molecule has 0 radical (unpaired) electrons. The number of ether oxygens (including phenoxy) is 1. The number of aliphatic carboxylic acids is 1. The Hall–Kier alpha value is -3.35. The van der Waals surface area contributed by atoms with Gasteiger partial charge in [0.2, 0.25) is 5.91 Å². The second-order valence-electron chi connectivity index (χ2n) is 9.06. The zero-order valence-corrected chi connectivity index (χ0v) is 19.0. The molecule has 2 amide bonds. The molecule has 0 aliphatic heterocycles. The molecule has 2 aromatic rings. The lowest BCUT2D eigenvalue weighted by molar-refractivity contribution is -0.152. The zero-order valence-electron chi connectivity index (χ0n) is 19.0. The molecule has 3 N–H and O–H groups in total. The Kier molecular flexibility index (Phi) is 6.40. The number of fused-ring (bicyclic) bond motifs is 3. The van der Waals surface area contributed by atoms with E-state index in [4.69, 9.17) is 4.74 Å². The topological polar surface area (TPSA) is 105 Å². The van der Waals surface area contributed by atoms with Gasteiger partial charge in [0.05, 0.1) is 0 Å². The summed E-state index contributed by atoms with van der Waals surface area (Å²) in [5.74, 6) is -1.79. The largest absolute Gasteiger partial charge is 0.480 e. The number of carboxylic acids is 1. The van der Waals surface area contributed by atoms with Crippen molar-refractivity contribution >= 4 is 18.0 Å². The third-order valence-corrected chi connectivity index (χ3v) is 7.09. The first-order valence-electron chi connectivity index (χ1n) is 11.5. The number of hydrogen-bond acceptors (Lipinski definition) is 4. The van der Waals surface area contributed by atoms with Gasteiger partial charge in [-0.2, -0.15) is 0 Å². The molecular formula is C26H30N2O5. The van der Waals surface area contributed by atoms with Crippen molar-refractivity contribution in [3.8, 4) is 11.1 Å². The summed E-state index contributed by atoms with van der Waals surface area (Å²) in [5.41, 5.74) is 3.26. The van der Waals surface area contributed by atoms with Crippen LogP contribution in [-0.4, -0.2) is 41.3 Å². The molecule has 33 heavy (non-hydrogen) atoms. The number of amides is 2. The molecule has 2 aliphatic carbocycles. The number of rotatable bonds is 8. The Morgan fingerprint density at radius 2 is 1.64 bits per heavy atom. The zero-order chi connectivity index (χ0) is 23.6. The van der Waals surface area contributed by atoms with E-state index in [2.05, 4.69) is 22.8 Å². The fraction of sp³-hybridized carbons (Fsp3) is 0.423. The number of carbonyl (C=O) groups is 3. The molecule has 2 aliphatic rings. The van der Waals surface area contributed by atoms with Gasteiger partial charge in [-0.1, -0.05) is 68.8 Å². The minimum atomic E-state index is -1.23. The van der Waals surface area contributed by atoms with Crippen molar-refractivity contribution in [1.82, 2.24) is 10.6 Å². The average Bonchev–Trinajstić information content (AvgIpc) is 3.11. The van der Waals surface area contributed by atoms with Crippen LogP contribution in [0.25, 0.3) is 11.1 Å². The third kappa shape index (κ3) is 4.32. The molecule has 7 heteroatoms. The van der Waals surface area contributed by atoms with Crippen LogP contribution in [0, 0.1) is 5.92 Å². The minimum Gasteiger partial charge on any atom is -0.480 e. The maximum Gasteiger partial charge on any atom is 0.407 e. The summed E-state index contributed by atoms with van der Waals surface area (Å²) in [7, 11) is 0. The van der Waals surface area contributed by atoms with E-state index in [9.17, 15) is 19.5 Å². The minimum absolute atomic E-state index is 0.0794. The third-order valence-electron chi connectivity index (χ3n) is 7.09. The molecular weight excluding hydrogens is 420 g/mol. The van der Waals surface area contributed by atoms with Crippen LogP contribution in [-0.2, 0) is 14.3 Å². The first-order valence-corrected chi connectivity index (χ1v) is 11.5. The van der Waals surface area contributed by atoms with Gasteiger partial charge in [0.1, 0.15) is 18.2 Å². The van der Waals surface area contributed by atoms with E-state index < -0.39 is 29.6 Å². The monoisotopic (exact) mass is 450 g/mol. The number of carboxylic acid groups (broad SMARTS) is 1. The first kappa shape index (κ1) is 22.8. The molecule has 7 nitrogen and oxygen atoms in total. The van der Waals surface area contributed by atoms with Gasteiger partial charge in [-0.15, -0.1) is 0 Å². The van der Waals surface area contributed by atoms with E-state index in [1.807, 2.05) is 50.2 Å². The molecule has 2 aromatic carbocycles. The number of alkyl carbamates (subject to hydrolysis) is 1. The second kappa shape index (κ2) is 9.25. The number of carbonyl (C=O) groups excluding carboxylic acids is 2. The summed E-state index contributed by atoms with van der Waals surface area (Å²) in [5, 5.41) is 14.9. The molecule has 4 rings (SSSR count). The van der Waals surface area contributed by atoms with Crippen LogP contribution in [0.1, 0.15) is 56.6 Å². The van der Waals surface area contributed by atoms with E-state index >= 15 is 0 Å². The summed E-state index contributed by atoms with van der Waals surface area (Å²) < 4.78 is 5.59. The van der Waals surface area contributed by atoms with Crippen LogP contribution in [0.2, 0.25) is 0 Å². The number of nitrogens with one attached hydrogen (secondary N) is 2. The van der Waals surface area contributed by atoms with Crippen LogP contribution >= 0.6 is 0 Å². The van der Waals surface area contributed by atoms with Crippen molar-refractivity contribution in [2.45, 2.75) is 57.0 Å². The van der Waals surface area contributed by atoms with E-state index in [-0.39, 0.29) is 18.4 Å². The van der Waals surface area contributed by atoms with Crippen LogP contribution in [0.5, 0.6) is 0 Å². The van der Waals surface area contributed by atoms with Crippen molar-refractivity contribution < 1.29 is 24.2 Å². The highest BCUT2D eigenvalue weighted by Crippen LogP contribution is 2.44. The Balaban J connectivity index is 1.43. The van der Waals surface area contributed by atoms with Gasteiger partial charge in [0.25, 0.3) is 0 Å². The highest BCUT2D eigenvalue weighted by Gasteiger charge is 2.47. The maximum absolute atomic E-state index is 12.9. The first-order chi connectivity index (χ1) is 15.9. The van der Waals surface area contributed by atoms with Gasteiger partial charge >= 0.3 is 12.1 Å². The molecule has 2 atom stereocenters. The van der Waals surface area contributed by atoms with Gasteiger partial charge < -0.3 is 20.5 Å². The average molecular weight is 451 g/mol. The summed E-state index contributed by atoms with van der Waals surface area (Å²) in [6.45, 7) is 3.91. The van der Waals surface area contributed by atoms with Gasteiger partial charge in [-0.05, 0) is 47.4 Å². The molecule has 1 saturated carbocycles. The van der Waals surface area contributed by atoms with Gasteiger partial charge in [-0.3, -0.25) is 4.79 Å². The standard InChI is InChI=1S/C26H30N2O5/c1-3-16(2)22(23(29)28-26(24(30)31)13-8-14-26)27-25(32)33-15-21-19-11-6-4-9-17(19)18-10-5-7-12-20(18)21/h4-7,9-12,16,21-22H,3,8,13-15H2,1-2H3,(H,27,32)(H,28,29)(H,30,31). The Morgan fingerprint density at radius 3 is 2.12 bits per heavy atom. The number of benzene rings is 2. The Morgan fingerprint density at radius 1 is 1.06 bits per heavy atom. The smallest absolute Gasteiger partial charge is 0.407 e. The lowest BCUT2D eigenvalue weighted by Crippen LogP contribution is -2.63. The number of hydrogen-bond donors (Lipinski definition) is 3. The fourth-order valence-electron chi connectivity index (χ4n) is 4.71. The molecule has 1 fully saturated rings. The molecule has 2 unspecified atom stereocenters. The van der Waals surface area contributed by atoms with Crippen molar-refractivity contribution in [3.05, 3.63) is 59.7 Å². The maximum atomic E-state index is 12.9. The van der Waals surface area contributed by atoms with E-state index in [0.717, 1.165) is 28.7 Å². The summed E-state index contributed by atoms with van der Waals surface area (Å²) in [4.78, 5) is 37.3. The van der Waals surface area contributed by atoms with Crippen molar-refractivity contribution in [2.24, 2.45) is 5.92 Å². The lowest BCUT2D eigenvalue weighted by Gasteiger charge is -2.39. The normalized spacial score (nSPS) is 17.6. The molecule has 0 bridgehead atoms. The molecule has 174 valence electrons. The SMILES string of the molecule is CCC(C)C(NC(=O)OCC1c2ccccc2-c2ccccc21)C(=O)NC1(C(=O)O)CCC1. The lowest BCUT2D eigenvalue weighted by atomic mass is 9.76.